The SMILES string of the molecule is Clc1nc(-c2ccccc2)nc(-c2ccc(-c3nc4ccccc4n3-c3ccccc3)cc2)n1. The molecule has 0 saturated carbocycles. The molecule has 6 rings (SSSR count). The Bertz CT molecular complexity index is 1590. The molecule has 0 atom stereocenters. The molecule has 0 N–H and O–H groups in total. The highest BCUT2D eigenvalue weighted by atomic mass is 35.5. The topological polar surface area (TPSA) is 56.5 Å². The third-order valence-electron chi connectivity index (χ3n) is 5.62. The van der Waals surface area contributed by atoms with Gasteiger partial charge in [0, 0.05) is 22.4 Å². The second-order valence-electron chi connectivity index (χ2n) is 7.79. The first kappa shape index (κ1) is 20.3. The summed E-state index contributed by atoms with van der Waals surface area (Å²) in [5.41, 5.74) is 5.81. The number of rotatable bonds is 4. The molecule has 0 amide bonds. The van der Waals surface area contributed by atoms with E-state index in [4.69, 9.17) is 16.6 Å². The lowest BCUT2D eigenvalue weighted by Gasteiger charge is -2.10. The van der Waals surface area contributed by atoms with Crippen LogP contribution in [0.3, 0.4) is 0 Å². The molecule has 0 aliphatic rings. The summed E-state index contributed by atoms with van der Waals surface area (Å²) in [5, 5.41) is 0.166. The van der Waals surface area contributed by atoms with Crippen molar-refractivity contribution in [3.63, 3.8) is 0 Å². The van der Waals surface area contributed by atoms with Crippen LogP contribution in [0.25, 0.3) is 50.9 Å². The lowest BCUT2D eigenvalue weighted by Crippen LogP contribution is -1.98. The van der Waals surface area contributed by atoms with Gasteiger partial charge in [0.05, 0.1) is 11.0 Å². The molecule has 0 unspecified atom stereocenters. The van der Waals surface area contributed by atoms with E-state index in [0.29, 0.717) is 11.6 Å². The van der Waals surface area contributed by atoms with E-state index in [-0.39, 0.29) is 5.28 Å². The Balaban J connectivity index is 1.43. The number of benzene rings is 4. The van der Waals surface area contributed by atoms with E-state index in [9.17, 15) is 0 Å². The van der Waals surface area contributed by atoms with Crippen LogP contribution in [-0.2, 0) is 0 Å². The van der Waals surface area contributed by atoms with Crippen molar-refractivity contribution in [2.45, 2.75) is 0 Å². The predicted molar refractivity (Wildman–Crippen MR) is 136 cm³/mol. The predicted octanol–water partition coefficient (Wildman–Crippen LogP) is 6.86. The molecule has 0 spiro atoms. The molecule has 0 aliphatic carbocycles. The summed E-state index contributed by atoms with van der Waals surface area (Å²) in [5.74, 6) is 1.95. The van der Waals surface area contributed by atoms with Crippen LogP contribution in [-0.4, -0.2) is 24.5 Å². The van der Waals surface area contributed by atoms with E-state index in [1.54, 1.807) is 0 Å². The Morgan fingerprint density at radius 3 is 1.76 bits per heavy atom. The van der Waals surface area contributed by atoms with Gasteiger partial charge in [-0.25, -0.2) is 9.97 Å². The number of nitrogens with zero attached hydrogens (tertiary/aromatic N) is 5. The Morgan fingerprint density at radius 1 is 0.500 bits per heavy atom. The Hall–Kier alpha value is -4.35. The third kappa shape index (κ3) is 3.72. The Morgan fingerprint density at radius 2 is 1.06 bits per heavy atom. The van der Waals surface area contributed by atoms with E-state index in [2.05, 4.69) is 37.7 Å². The molecule has 0 aliphatic heterocycles. The quantitative estimate of drug-likeness (QED) is 0.289. The maximum atomic E-state index is 6.24. The van der Waals surface area contributed by atoms with Crippen LogP contribution in [0.15, 0.2) is 109 Å². The van der Waals surface area contributed by atoms with Crippen LogP contribution in [0.1, 0.15) is 0 Å². The minimum absolute atomic E-state index is 0.166. The maximum Gasteiger partial charge on any atom is 0.226 e. The zero-order valence-corrected chi connectivity index (χ0v) is 18.8. The molecule has 2 heterocycles. The summed E-state index contributed by atoms with van der Waals surface area (Å²) in [6, 6.07) is 36.2. The third-order valence-corrected chi connectivity index (χ3v) is 5.79. The molecular weight excluding hydrogens is 442 g/mol. The van der Waals surface area contributed by atoms with Gasteiger partial charge in [0.15, 0.2) is 11.6 Å². The van der Waals surface area contributed by atoms with Crippen molar-refractivity contribution in [3.05, 3.63) is 114 Å². The molecule has 34 heavy (non-hydrogen) atoms. The molecule has 0 saturated heterocycles. The summed E-state index contributed by atoms with van der Waals surface area (Å²) >= 11 is 6.24. The average molecular weight is 460 g/mol. The monoisotopic (exact) mass is 459 g/mol. The Kier molecular flexibility index (Phi) is 5.09. The van der Waals surface area contributed by atoms with Gasteiger partial charge in [-0.05, 0) is 35.9 Å². The van der Waals surface area contributed by atoms with E-state index in [1.807, 2.05) is 91.0 Å². The molecule has 0 bridgehead atoms. The highest BCUT2D eigenvalue weighted by Gasteiger charge is 2.15. The minimum atomic E-state index is 0.166. The van der Waals surface area contributed by atoms with Gasteiger partial charge in [-0.1, -0.05) is 84.9 Å². The molecular formula is C28H18ClN5. The van der Waals surface area contributed by atoms with Crippen molar-refractivity contribution >= 4 is 22.6 Å². The van der Waals surface area contributed by atoms with Crippen LogP contribution < -0.4 is 0 Å². The second-order valence-corrected chi connectivity index (χ2v) is 8.13. The zero-order chi connectivity index (χ0) is 22.9. The standard InChI is InChI=1S/C28H18ClN5/c29-28-32-25(19-9-3-1-4-10-19)31-26(33-28)20-15-17-21(18-16-20)27-30-23-13-7-8-14-24(23)34(27)22-11-5-2-6-12-22/h1-18H. The lowest BCUT2D eigenvalue weighted by molar-refractivity contribution is 1.06. The summed E-state index contributed by atoms with van der Waals surface area (Å²) in [7, 11) is 0. The van der Waals surface area contributed by atoms with Gasteiger partial charge in [-0.3, -0.25) is 4.57 Å². The molecule has 0 radical (unpaired) electrons. The zero-order valence-electron chi connectivity index (χ0n) is 18.0. The number of hydrogen-bond acceptors (Lipinski definition) is 4. The number of fused-ring (bicyclic) bond motifs is 1. The van der Waals surface area contributed by atoms with E-state index >= 15 is 0 Å². The minimum Gasteiger partial charge on any atom is -0.292 e. The average Bonchev–Trinajstić information content (AvgIpc) is 3.29. The summed E-state index contributed by atoms with van der Waals surface area (Å²) in [4.78, 5) is 18.2. The van der Waals surface area contributed by atoms with Crippen LogP contribution in [0.5, 0.6) is 0 Å². The van der Waals surface area contributed by atoms with Gasteiger partial charge in [0.1, 0.15) is 5.82 Å². The number of halogens is 1. The van der Waals surface area contributed by atoms with E-state index in [1.165, 1.54) is 0 Å². The molecule has 162 valence electrons. The number of para-hydroxylation sites is 3. The lowest BCUT2D eigenvalue weighted by atomic mass is 10.1. The fraction of sp³-hybridized carbons (Fsp3) is 0. The summed E-state index contributed by atoms with van der Waals surface area (Å²) in [6.45, 7) is 0. The largest absolute Gasteiger partial charge is 0.292 e. The normalized spacial score (nSPS) is 11.1. The molecule has 6 aromatic rings. The van der Waals surface area contributed by atoms with Crippen molar-refractivity contribution in [1.82, 2.24) is 24.5 Å². The van der Waals surface area contributed by atoms with Crippen LogP contribution >= 0.6 is 11.6 Å². The van der Waals surface area contributed by atoms with Crippen molar-refractivity contribution in [2.24, 2.45) is 0 Å². The fourth-order valence-electron chi connectivity index (χ4n) is 4.02. The van der Waals surface area contributed by atoms with Crippen LogP contribution in [0.4, 0.5) is 0 Å². The molecule has 4 aromatic carbocycles. The first-order valence-corrected chi connectivity index (χ1v) is 11.2. The van der Waals surface area contributed by atoms with Crippen molar-refractivity contribution in [2.75, 3.05) is 0 Å². The van der Waals surface area contributed by atoms with Crippen LogP contribution in [0.2, 0.25) is 5.28 Å². The van der Waals surface area contributed by atoms with E-state index < -0.39 is 0 Å². The van der Waals surface area contributed by atoms with Gasteiger partial charge in [-0.15, -0.1) is 0 Å². The van der Waals surface area contributed by atoms with Crippen LogP contribution in [0, 0.1) is 0 Å². The summed E-state index contributed by atoms with van der Waals surface area (Å²) in [6.07, 6.45) is 0. The molecule has 6 heteroatoms. The van der Waals surface area contributed by atoms with Gasteiger partial charge < -0.3 is 0 Å². The number of aromatic nitrogens is 5. The Labute approximate surface area is 201 Å². The smallest absolute Gasteiger partial charge is 0.226 e. The highest BCUT2D eigenvalue weighted by molar-refractivity contribution is 6.28. The van der Waals surface area contributed by atoms with Crippen molar-refractivity contribution in [1.29, 1.82) is 0 Å². The van der Waals surface area contributed by atoms with Gasteiger partial charge in [0.25, 0.3) is 0 Å². The maximum absolute atomic E-state index is 6.24. The molecule has 0 fully saturated rings. The van der Waals surface area contributed by atoms with Gasteiger partial charge >= 0.3 is 0 Å². The van der Waals surface area contributed by atoms with Gasteiger partial charge in [0.2, 0.25) is 5.28 Å². The van der Waals surface area contributed by atoms with E-state index in [0.717, 1.165) is 39.2 Å². The first-order chi connectivity index (χ1) is 16.8. The first-order valence-electron chi connectivity index (χ1n) is 10.9. The second kappa shape index (κ2) is 8.54. The highest BCUT2D eigenvalue weighted by Crippen LogP contribution is 2.30. The fourth-order valence-corrected chi connectivity index (χ4v) is 4.18. The summed E-state index contributed by atoms with van der Waals surface area (Å²) < 4.78 is 2.18. The van der Waals surface area contributed by atoms with Gasteiger partial charge in [-0.2, -0.15) is 9.97 Å². The molecule has 2 aromatic heterocycles. The molecule has 5 nitrogen and oxygen atoms in total. The number of hydrogen-bond donors (Lipinski definition) is 0. The van der Waals surface area contributed by atoms with Crippen molar-refractivity contribution < 1.29 is 0 Å². The number of imidazole rings is 1. The van der Waals surface area contributed by atoms with Crippen molar-refractivity contribution in [3.8, 4) is 39.9 Å².